The molecule has 0 bridgehead atoms. The minimum absolute atomic E-state index is 0.156. The number of phenolic OH excluding ortho intramolecular Hbond substituents is 1. The summed E-state index contributed by atoms with van der Waals surface area (Å²) in [5.74, 6) is -0.219. The van der Waals surface area contributed by atoms with E-state index in [0.29, 0.717) is 17.6 Å². The van der Waals surface area contributed by atoms with Gasteiger partial charge >= 0.3 is 5.97 Å². The van der Waals surface area contributed by atoms with Crippen LogP contribution >= 0.6 is 0 Å². The quantitative estimate of drug-likeness (QED) is 0.533. The summed E-state index contributed by atoms with van der Waals surface area (Å²) in [4.78, 5) is 12.7. The summed E-state index contributed by atoms with van der Waals surface area (Å²) in [5.41, 5.74) is 3.14. The first kappa shape index (κ1) is 16.2. The Bertz CT molecular complexity index is 1130. The van der Waals surface area contributed by atoms with E-state index < -0.39 is 0 Å². The summed E-state index contributed by atoms with van der Waals surface area (Å²) >= 11 is 0. The van der Waals surface area contributed by atoms with Gasteiger partial charge in [0, 0.05) is 27.5 Å². The fourth-order valence-corrected chi connectivity index (χ4v) is 3.61. The molecule has 0 amide bonds. The number of phenols is 1. The number of ether oxygens (including phenoxy) is 1. The van der Waals surface area contributed by atoms with Gasteiger partial charge in [0.2, 0.25) is 0 Å². The number of hydrogen-bond donors (Lipinski definition) is 1. The molecule has 0 saturated carbocycles. The van der Waals surface area contributed by atoms with Crippen LogP contribution in [0, 0.1) is 6.92 Å². The highest BCUT2D eigenvalue weighted by molar-refractivity contribution is 6.16. The molecule has 26 heavy (non-hydrogen) atoms. The summed E-state index contributed by atoms with van der Waals surface area (Å²) < 4.78 is 7.34. The lowest BCUT2D eigenvalue weighted by molar-refractivity contribution is 0.0527. The lowest BCUT2D eigenvalue weighted by atomic mass is 10.0. The summed E-state index contributed by atoms with van der Waals surface area (Å²) in [6.07, 6.45) is 0. The first-order valence-corrected chi connectivity index (χ1v) is 8.61. The minimum atomic E-state index is -0.376. The van der Waals surface area contributed by atoms with Crippen LogP contribution in [-0.2, 0) is 4.74 Å². The molecular weight excluding hydrogens is 326 g/mol. The second kappa shape index (κ2) is 6.23. The molecule has 0 unspecified atom stereocenters. The van der Waals surface area contributed by atoms with E-state index in [9.17, 15) is 9.90 Å². The molecule has 1 aromatic heterocycles. The molecule has 4 heteroatoms. The van der Waals surface area contributed by atoms with Gasteiger partial charge in [0.25, 0.3) is 0 Å². The Hall–Kier alpha value is -3.27. The maximum atomic E-state index is 12.7. The number of carbonyl (C=O) groups is 1. The highest BCUT2D eigenvalue weighted by Gasteiger charge is 2.24. The second-order valence-electron chi connectivity index (χ2n) is 6.19. The fourth-order valence-electron chi connectivity index (χ4n) is 3.61. The predicted molar refractivity (Wildman–Crippen MR) is 103 cm³/mol. The highest BCUT2D eigenvalue weighted by atomic mass is 16.5. The number of aromatic hydroxyl groups is 1. The summed E-state index contributed by atoms with van der Waals surface area (Å²) in [7, 11) is 0. The van der Waals surface area contributed by atoms with Crippen molar-refractivity contribution < 1.29 is 14.6 Å². The summed E-state index contributed by atoms with van der Waals surface area (Å²) in [5, 5.41) is 12.9. The first-order chi connectivity index (χ1) is 12.6. The van der Waals surface area contributed by atoms with Crippen molar-refractivity contribution in [2.24, 2.45) is 0 Å². The molecule has 0 fully saturated rings. The van der Waals surface area contributed by atoms with Crippen LogP contribution in [0.15, 0.2) is 60.7 Å². The molecule has 0 spiro atoms. The summed E-state index contributed by atoms with van der Waals surface area (Å²) in [6, 6.07) is 19.2. The van der Waals surface area contributed by atoms with Crippen molar-refractivity contribution in [3.05, 3.63) is 71.9 Å². The molecule has 0 saturated heterocycles. The van der Waals surface area contributed by atoms with E-state index in [2.05, 4.69) is 4.57 Å². The van der Waals surface area contributed by atoms with Gasteiger partial charge in [-0.3, -0.25) is 0 Å². The molecule has 4 rings (SSSR count). The van der Waals surface area contributed by atoms with Gasteiger partial charge in [0.05, 0.1) is 17.7 Å². The smallest absolute Gasteiger partial charge is 0.340 e. The molecule has 130 valence electrons. The van der Waals surface area contributed by atoms with E-state index in [1.807, 2.05) is 61.5 Å². The van der Waals surface area contributed by atoms with Gasteiger partial charge in [-0.15, -0.1) is 0 Å². The normalized spacial score (nSPS) is 11.2. The third kappa shape index (κ3) is 2.34. The van der Waals surface area contributed by atoms with Crippen LogP contribution in [-0.4, -0.2) is 22.2 Å². The third-order valence-corrected chi connectivity index (χ3v) is 4.68. The molecule has 0 aliphatic rings. The average Bonchev–Trinajstić information content (AvgIpc) is 2.95. The predicted octanol–water partition coefficient (Wildman–Crippen LogP) is 4.97. The van der Waals surface area contributed by atoms with Gasteiger partial charge in [-0.2, -0.15) is 0 Å². The van der Waals surface area contributed by atoms with Crippen molar-refractivity contribution in [3.63, 3.8) is 0 Å². The summed E-state index contributed by atoms with van der Waals surface area (Å²) in [6.45, 7) is 4.00. The Balaban J connectivity index is 2.21. The molecule has 1 heterocycles. The van der Waals surface area contributed by atoms with Crippen LogP contribution in [0.25, 0.3) is 27.4 Å². The number of aromatic nitrogens is 1. The number of rotatable bonds is 3. The highest BCUT2D eigenvalue weighted by Crippen LogP contribution is 2.39. The Kier molecular flexibility index (Phi) is 3.88. The topological polar surface area (TPSA) is 51.5 Å². The van der Waals surface area contributed by atoms with Crippen LogP contribution < -0.4 is 0 Å². The lowest BCUT2D eigenvalue weighted by Gasteiger charge is -2.11. The van der Waals surface area contributed by atoms with E-state index in [4.69, 9.17) is 4.74 Å². The van der Waals surface area contributed by atoms with Crippen LogP contribution in [0.5, 0.6) is 5.75 Å². The van der Waals surface area contributed by atoms with E-state index in [1.165, 1.54) is 0 Å². The molecule has 1 N–H and O–H groups in total. The van der Waals surface area contributed by atoms with Gasteiger partial charge < -0.3 is 14.4 Å². The maximum Gasteiger partial charge on any atom is 0.340 e. The van der Waals surface area contributed by atoms with E-state index in [-0.39, 0.29) is 11.7 Å². The lowest BCUT2D eigenvalue weighted by Crippen LogP contribution is -2.07. The van der Waals surface area contributed by atoms with Crippen molar-refractivity contribution >= 4 is 27.6 Å². The molecule has 0 atom stereocenters. The van der Waals surface area contributed by atoms with Gasteiger partial charge in [0.15, 0.2) is 0 Å². The number of benzene rings is 3. The zero-order valence-electron chi connectivity index (χ0n) is 14.7. The third-order valence-electron chi connectivity index (χ3n) is 4.68. The van der Waals surface area contributed by atoms with E-state index >= 15 is 0 Å². The number of esters is 1. The average molecular weight is 345 g/mol. The van der Waals surface area contributed by atoms with Crippen molar-refractivity contribution in [3.8, 4) is 11.4 Å². The van der Waals surface area contributed by atoms with Crippen molar-refractivity contribution in [2.45, 2.75) is 13.8 Å². The Morgan fingerprint density at radius 1 is 1.00 bits per heavy atom. The molecule has 0 aliphatic carbocycles. The SMILES string of the molecule is CCOC(=O)c1c(C)n(-c2ccccc2)c2c1cc(O)c1ccccc12. The van der Waals surface area contributed by atoms with Gasteiger partial charge in [-0.25, -0.2) is 4.79 Å². The fraction of sp³-hybridized carbons (Fsp3) is 0.136. The van der Waals surface area contributed by atoms with Crippen molar-refractivity contribution in [1.29, 1.82) is 0 Å². The Morgan fingerprint density at radius 2 is 1.65 bits per heavy atom. The van der Waals surface area contributed by atoms with Crippen molar-refractivity contribution in [2.75, 3.05) is 6.61 Å². The number of fused-ring (bicyclic) bond motifs is 3. The second-order valence-corrected chi connectivity index (χ2v) is 6.19. The largest absolute Gasteiger partial charge is 0.507 e. The number of nitrogens with zero attached hydrogens (tertiary/aromatic N) is 1. The monoisotopic (exact) mass is 345 g/mol. The molecule has 4 aromatic rings. The van der Waals surface area contributed by atoms with Gasteiger partial charge in [0.1, 0.15) is 5.75 Å². The molecular formula is C22H19NO3. The van der Waals surface area contributed by atoms with Crippen LogP contribution in [0.4, 0.5) is 0 Å². The Morgan fingerprint density at radius 3 is 2.35 bits per heavy atom. The maximum absolute atomic E-state index is 12.7. The molecule has 0 radical (unpaired) electrons. The van der Waals surface area contributed by atoms with Gasteiger partial charge in [-0.05, 0) is 32.0 Å². The molecule has 3 aromatic carbocycles. The number of para-hydroxylation sites is 1. The minimum Gasteiger partial charge on any atom is -0.507 e. The van der Waals surface area contributed by atoms with Gasteiger partial charge in [-0.1, -0.05) is 42.5 Å². The standard InChI is InChI=1S/C22H19NO3/c1-3-26-22(25)20-14(2)23(15-9-5-4-6-10-15)21-17-12-8-7-11-16(17)19(24)13-18(20)21/h4-13,24H,3H2,1-2H3. The first-order valence-electron chi connectivity index (χ1n) is 8.61. The molecule has 0 aliphatic heterocycles. The zero-order chi connectivity index (χ0) is 18.3. The number of hydrogen-bond acceptors (Lipinski definition) is 3. The van der Waals surface area contributed by atoms with Crippen LogP contribution in [0.2, 0.25) is 0 Å². The van der Waals surface area contributed by atoms with E-state index in [1.54, 1.807) is 13.0 Å². The Labute approximate surface area is 151 Å². The number of carbonyl (C=O) groups excluding carboxylic acids is 1. The van der Waals surface area contributed by atoms with Crippen LogP contribution in [0.1, 0.15) is 23.0 Å². The van der Waals surface area contributed by atoms with E-state index in [0.717, 1.165) is 27.7 Å². The van der Waals surface area contributed by atoms with Crippen LogP contribution in [0.3, 0.4) is 0 Å². The van der Waals surface area contributed by atoms with Crippen molar-refractivity contribution in [1.82, 2.24) is 4.57 Å². The molecule has 4 nitrogen and oxygen atoms in total. The zero-order valence-corrected chi connectivity index (χ0v) is 14.7.